The molecule has 6 aromatic carbocycles. The molecule has 206 valence electrons. The summed E-state index contributed by atoms with van der Waals surface area (Å²) in [7, 11) is 0. The predicted octanol–water partition coefficient (Wildman–Crippen LogP) is 9.87. The summed E-state index contributed by atoms with van der Waals surface area (Å²) in [5.41, 5.74) is 7.89. The molecule has 0 atom stereocenters. The molecule has 9 aromatic rings. The van der Waals surface area contributed by atoms with Crippen molar-refractivity contribution in [2.24, 2.45) is 0 Å². The lowest BCUT2D eigenvalue weighted by molar-refractivity contribution is 0.669. The molecule has 0 radical (unpaired) electrons. The third kappa shape index (κ3) is 3.83. The van der Waals surface area contributed by atoms with Gasteiger partial charge in [0.2, 0.25) is 5.95 Å². The molecule has 0 spiro atoms. The van der Waals surface area contributed by atoms with Gasteiger partial charge in [0.05, 0.1) is 11.0 Å². The molecule has 0 amide bonds. The molecule has 0 aliphatic rings. The van der Waals surface area contributed by atoms with Crippen molar-refractivity contribution in [3.05, 3.63) is 146 Å². The average Bonchev–Trinajstić information content (AvgIpc) is 3.64. The minimum atomic E-state index is 0.567. The van der Waals surface area contributed by atoms with E-state index in [4.69, 9.17) is 19.4 Å². The molecular formula is C39H24N4O. The fourth-order valence-corrected chi connectivity index (χ4v) is 6.26. The van der Waals surface area contributed by atoms with Crippen molar-refractivity contribution < 1.29 is 4.42 Å². The first-order chi connectivity index (χ1) is 21.8. The summed E-state index contributed by atoms with van der Waals surface area (Å²) in [6, 6.07) is 49.8. The topological polar surface area (TPSA) is 56.7 Å². The number of rotatable bonds is 4. The van der Waals surface area contributed by atoms with Crippen molar-refractivity contribution >= 4 is 43.7 Å². The lowest BCUT2D eigenvalue weighted by Gasteiger charge is -2.11. The first-order valence-electron chi connectivity index (χ1n) is 14.6. The van der Waals surface area contributed by atoms with Crippen molar-refractivity contribution in [1.82, 2.24) is 19.5 Å². The monoisotopic (exact) mass is 564 g/mol. The molecule has 0 unspecified atom stereocenters. The summed E-state index contributed by atoms with van der Waals surface area (Å²) in [4.78, 5) is 15.3. The summed E-state index contributed by atoms with van der Waals surface area (Å²) in [5.74, 6) is 1.78. The molecule has 5 heteroatoms. The highest BCUT2D eigenvalue weighted by molar-refractivity contribution is 6.12. The van der Waals surface area contributed by atoms with Gasteiger partial charge in [-0.2, -0.15) is 9.97 Å². The van der Waals surface area contributed by atoms with Crippen molar-refractivity contribution in [2.75, 3.05) is 0 Å². The molecule has 0 bridgehead atoms. The number of nitrogens with zero attached hydrogens (tertiary/aromatic N) is 4. The quantitative estimate of drug-likeness (QED) is 0.213. The van der Waals surface area contributed by atoms with Gasteiger partial charge in [-0.15, -0.1) is 0 Å². The number of hydrogen-bond donors (Lipinski definition) is 0. The van der Waals surface area contributed by atoms with Gasteiger partial charge in [0.1, 0.15) is 11.2 Å². The molecule has 3 heterocycles. The number of aromatic nitrogens is 4. The zero-order chi connectivity index (χ0) is 29.0. The predicted molar refractivity (Wildman–Crippen MR) is 178 cm³/mol. The van der Waals surface area contributed by atoms with Crippen molar-refractivity contribution in [1.29, 1.82) is 0 Å². The van der Waals surface area contributed by atoms with E-state index in [1.807, 2.05) is 66.7 Å². The van der Waals surface area contributed by atoms with Gasteiger partial charge < -0.3 is 4.42 Å². The molecule has 5 nitrogen and oxygen atoms in total. The molecule has 9 rings (SSSR count). The first kappa shape index (κ1) is 24.5. The second kappa shape index (κ2) is 9.75. The standard InChI is InChI=1S/C39H24N4O/c1-3-12-25(13-4-1)27-22-23-33-31(24-27)28-16-7-9-19-32(28)43(33)39-41-37(26-14-5-2-6-15-26)40-38(42-39)30-18-11-21-35-36(30)29-17-8-10-20-34(29)44-35/h1-24H. The number of para-hydroxylation sites is 2. The van der Waals surface area contributed by atoms with Crippen molar-refractivity contribution in [3.63, 3.8) is 0 Å². The van der Waals surface area contributed by atoms with Gasteiger partial charge in [-0.1, -0.05) is 115 Å². The van der Waals surface area contributed by atoms with Crippen LogP contribution in [0.5, 0.6) is 0 Å². The highest BCUT2D eigenvalue weighted by Crippen LogP contribution is 2.38. The Morgan fingerprint density at radius 2 is 1.09 bits per heavy atom. The van der Waals surface area contributed by atoms with Crippen LogP contribution in [0.15, 0.2) is 150 Å². The van der Waals surface area contributed by atoms with Crippen LogP contribution in [0.2, 0.25) is 0 Å². The van der Waals surface area contributed by atoms with Gasteiger partial charge >= 0.3 is 0 Å². The van der Waals surface area contributed by atoms with Crippen LogP contribution in [0.1, 0.15) is 0 Å². The van der Waals surface area contributed by atoms with Crippen LogP contribution in [-0.2, 0) is 0 Å². The Balaban J connectivity index is 1.35. The van der Waals surface area contributed by atoms with E-state index in [1.165, 1.54) is 11.1 Å². The van der Waals surface area contributed by atoms with Gasteiger partial charge in [0.25, 0.3) is 0 Å². The number of hydrogen-bond acceptors (Lipinski definition) is 4. The molecule has 0 fully saturated rings. The smallest absolute Gasteiger partial charge is 0.238 e. The van der Waals surface area contributed by atoms with Crippen LogP contribution in [0, 0.1) is 0 Å². The molecule has 0 N–H and O–H groups in total. The van der Waals surface area contributed by atoms with Crippen LogP contribution in [-0.4, -0.2) is 19.5 Å². The molecule has 0 aliphatic carbocycles. The lowest BCUT2D eigenvalue weighted by atomic mass is 10.0. The summed E-state index contributed by atoms with van der Waals surface area (Å²) in [6.45, 7) is 0. The van der Waals surface area contributed by atoms with E-state index in [2.05, 4.69) is 83.4 Å². The van der Waals surface area contributed by atoms with E-state index in [9.17, 15) is 0 Å². The molecule has 3 aromatic heterocycles. The minimum absolute atomic E-state index is 0.567. The van der Waals surface area contributed by atoms with Crippen molar-refractivity contribution in [3.8, 4) is 39.9 Å². The van der Waals surface area contributed by atoms with Crippen molar-refractivity contribution in [2.45, 2.75) is 0 Å². The maximum Gasteiger partial charge on any atom is 0.238 e. The van der Waals surface area contributed by atoms with E-state index >= 15 is 0 Å². The van der Waals surface area contributed by atoms with E-state index in [-0.39, 0.29) is 0 Å². The summed E-state index contributed by atoms with van der Waals surface area (Å²) in [6.07, 6.45) is 0. The fourth-order valence-electron chi connectivity index (χ4n) is 6.26. The minimum Gasteiger partial charge on any atom is -0.456 e. The molecular weight excluding hydrogens is 540 g/mol. The van der Waals surface area contributed by atoms with E-state index < -0.39 is 0 Å². The summed E-state index contributed by atoms with van der Waals surface area (Å²) < 4.78 is 8.38. The second-order valence-electron chi connectivity index (χ2n) is 10.9. The van der Waals surface area contributed by atoms with E-state index in [0.717, 1.165) is 54.9 Å². The Hall–Kier alpha value is -6.07. The molecule has 0 aliphatic heterocycles. The molecule has 0 saturated carbocycles. The lowest BCUT2D eigenvalue weighted by Crippen LogP contribution is -2.06. The summed E-state index contributed by atoms with van der Waals surface area (Å²) in [5, 5.41) is 4.32. The van der Waals surface area contributed by atoms with Gasteiger partial charge in [0.15, 0.2) is 11.6 Å². The largest absolute Gasteiger partial charge is 0.456 e. The fraction of sp³-hybridized carbons (Fsp3) is 0. The van der Waals surface area contributed by atoms with Gasteiger partial charge in [-0.3, -0.25) is 4.57 Å². The molecule has 44 heavy (non-hydrogen) atoms. The molecule has 0 saturated heterocycles. The zero-order valence-electron chi connectivity index (χ0n) is 23.6. The van der Waals surface area contributed by atoms with Crippen LogP contribution < -0.4 is 0 Å². The third-order valence-electron chi connectivity index (χ3n) is 8.28. The number of benzene rings is 6. The Labute approximate surface area is 252 Å². The van der Waals surface area contributed by atoms with Gasteiger partial charge in [-0.05, 0) is 41.5 Å². The summed E-state index contributed by atoms with van der Waals surface area (Å²) >= 11 is 0. The normalized spacial score (nSPS) is 11.6. The maximum atomic E-state index is 6.22. The van der Waals surface area contributed by atoms with Crippen LogP contribution in [0.4, 0.5) is 0 Å². The SMILES string of the molecule is c1ccc(-c2ccc3c(c2)c2ccccc2n3-c2nc(-c3ccccc3)nc(-c3cccc4oc5ccccc5c34)n2)cc1. The Bertz CT molecular complexity index is 2490. The third-order valence-corrected chi connectivity index (χ3v) is 8.28. The highest BCUT2D eigenvalue weighted by atomic mass is 16.3. The van der Waals surface area contributed by atoms with Gasteiger partial charge in [0, 0.05) is 32.7 Å². The second-order valence-corrected chi connectivity index (χ2v) is 10.9. The van der Waals surface area contributed by atoms with Crippen LogP contribution in [0.25, 0.3) is 83.6 Å². The number of furan rings is 1. The van der Waals surface area contributed by atoms with Crippen LogP contribution in [0.3, 0.4) is 0 Å². The maximum absolute atomic E-state index is 6.22. The Morgan fingerprint density at radius 1 is 0.432 bits per heavy atom. The van der Waals surface area contributed by atoms with E-state index in [0.29, 0.717) is 17.6 Å². The van der Waals surface area contributed by atoms with E-state index in [1.54, 1.807) is 0 Å². The highest BCUT2D eigenvalue weighted by Gasteiger charge is 2.20. The zero-order valence-corrected chi connectivity index (χ0v) is 23.6. The number of fused-ring (bicyclic) bond motifs is 6. The average molecular weight is 565 g/mol. The van der Waals surface area contributed by atoms with Crippen LogP contribution >= 0.6 is 0 Å². The first-order valence-corrected chi connectivity index (χ1v) is 14.6. The van der Waals surface area contributed by atoms with Gasteiger partial charge in [-0.25, -0.2) is 4.98 Å². The Kier molecular flexibility index (Phi) is 5.43. The Morgan fingerprint density at radius 3 is 1.93 bits per heavy atom.